The largest absolute Gasteiger partial charge is 0.346 e. The molecule has 1 unspecified atom stereocenters. The van der Waals surface area contributed by atoms with Gasteiger partial charge in [-0.15, -0.1) is 0 Å². The molecular formula is C25H27N3O. The summed E-state index contributed by atoms with van der Waals surface area (Å²) in [5, 5.41) is 13.4. The molecule has 1 atom stereocenters. The average Bonchev–Trinajstić information content (AvgIpc) is 2.67. The van der Waals surface area contributed by atoms with E-state index in [1.54, 1.807) is 12.3 Å². The number of fused-ring (bicyclic) bond motifs is 1. The van der Waals surface area contributed by atoms with E-state index in [0.717, 1.165) is 23.8 Å². The van der Waals surface area contributed by atoms with Crippen molar-refractivity contribution in [2.45, 2.75) is 46.1 Å². The monoisotopic (exact) mass is 385 g/mol. The Morgan fingerprint density at radius 3 is 2.55 bits per heavy atom. The maximum absolute atomic E-state index is 13.2. The van der Waals surface area contributed by atoms with Gasteiger partial charge in [0.25, 0.3) is 5.91 Å². The van der Waals surface area contributed by atoms with Gasteiger partial charge in [0.05, 0.1) is 16.6 Å². The summed E-state index contributed by atoms with van der Waals surface area (Å²) in [5.74, 6) is 0.316. The van der Waals surface area contributed by atoms with Gasteiger partial charge in [-0.1, -0.05) is 56.3 Å². The van der Waals surface area contributed by atoms with Crippen LogP contribution in [0.15, 0.2) is 54.7 Å². The van der Waals surface area contributed by atoms with E-state index in [0.29, 0.717) is 22.6 Å². The van der Waals surface area contributed by atoms with Crippen molar-refractivity contribution in [1.29, 1.82) is 5.26 Å². The number of hydrogen-bond donors (Lipinski definition) is 1. The third-order valence-corrected chi connectivity index (χ3v) is 5.24. The van der Waals surface area contributed by atoms with Crippen LogP contribution in [0.2, 0.25) is 0 Å². The van der Waals surface area contributed by atoms with Crippen molar-refractivity contribution < 1.29 is 4.79 Å². The fourth-order valence-corrected chi connectivity index (χ4v) is 4.13. The molecule has 1 heterocycles. The minimum Gasteiger partial charge on any atom is -0.346 e. The predicted octanol–water partition coefficient (Wildman–Crippen LogP) is 5.19. The lowest BCUT2D eigenvalue weighted by Crippen LogP contribution is -2.48. The molecule has 1 aromatic heterocycles. The fraction of sp³-hybridized carbons (Fsp3) is 0.320. The lowest BCUT2D eigenvalue weighted by molar-refractivity contribution is 0.0893. The number of benzene rings is 2. The molecule has 0 fully saturated rings. The molecular weight excluding hydrogens is 358 g/mol. The molecule has 0 aliphatic carbocycles. The van der Waals surface area contributed by atoms with Gasteiger partial charge in [-0.25, -0.2) is 0 Å². The Bertz CT molecular complexity index is 1070. The van der Waals surface area contributed by atoms with E-state index in [9.17, 15) is 10.1 Å². The number of pyridine rings is 1. The Balaban J connectivity index is 1.93. The van der Waals surface area contributed by atoms with Gasteiger partial charge >= 0.3 is 0 Å². The number of carbonyl (C=O) groups is 1. The molecule has 2 aromatic carbocycles. The van der Waals surface area contributed by atoms with Crippen LogP contribution in [0.25, 0.3) is 10.9 Å². The zero-order valence-electron chi connectivity index (χ0n) is 17.5. The summed E-state index contributed by atoms with van der Waals surface area (Å²) in [6.07, 6.45) is 3.22. The first-order valence-corrected chi connectivity index (χ1v) is 9.98. The lowest BCUT2D eigenvalue weighted by Gasteiger charge is -2.33. The van der Waals surface area contributed by atoms with E-state index in [1.807, 2.05) is 37.3 Å². The number of rotatable bonds is 6. The first-order chi connectivity index (χ1) is 13.8. The molecule has 148 valence electrons. The number of aryl methyl sites for hydroxylation is 1. The highest BCUT2D eigenvalue weighted by Crippen LogP contribution is 2.25. The highest BCUT2D eigenvalue weighted by molar-refractivity contribution is 6.01. The second-order valence-electron chi connectivity index (χ2n) is 8.39. The number of carbonyl (C=O) groups excluding carboxylic acids is 1. The van der Waals surface area contributed by atoms with E-state index in [-0.39, 0.29) is 11.4 Å². The number of hydrogen-bond acceptors (Lipinski definition) is 3. The molecule has 0 saturated heterocycles. The van der Waals surface area contributed by atoms with Crippen molar-refractivity contribution in [3.63, 3.8) is 0 Å². The van der Waals surface area contributed by atoms with Crippen LogP contribution in [0.5, 0.6) is 0 Å². The highest BCUT2D eigenvalue weighted by Gasteiger charge is 2.29. The molecule has 3 rings (SSSR count). The van der Waals surface area contributed by atoms with Gasteiger partial charge in [0.1, 0.15) is 6.07 Å². The van der Waals surface area contributed by atoms with Crippen LogP contribution in [0, 0.1) is 24.2 Å². The molecule has 3 aromatic rings. The van der Waals surface area contributed by atoms with Crippen LogP contribution in [0.4, 0.5) is 0 Å². The second kappa shape index (κ2) is 8.45. The van der Waals surface area contributed by atoms with Gasteiger partial charge in [0.2, 0.25) is 0 Å². The van der Waals surface area contributed by atoms with Gasteiger partial charge in [0.15, 0.2) is 0 Å². The highest BCUT2D eigenvalue weighted by atomic mass is 16.1. The van der Waals surface area contributed by atoms with Crippen LogP contribution >= 0.6 is 0 Å². The number of para-hydroxylation sites is 1. The van der Waals surface area contributed by atoms with Crippen LogP contribution in [-0.4, -0.2) is 16.4 Å². The third-order valence-electron chi connectivity index (χ3n) is 5.24. The normalized spacial score (nSPS) is 13.1. The van der Waals surface area contributed by atoms with Crippen molar-refractivity contribution in [3.05, 3.63) is 77.0 Å². The second-order valence-corrected chi connectivity index (χ2v) is 8.39. The predicted molar refractivity (Wildman–Crippen MR) is 117 cm³/mol. The number of nitrogens with zero attached hydrogens (tertiary/aromatic N) is 2. The molecule has 0 saturated carbocycles. The summed E-state index contributed by atoms with van der Waals surface area (Å²) in [6.45, 7) is 8.36. The Labute approximate surface area is 172 Å². The van der Waals surface area contributed by atoms with Crippen molar-refractivity contribution in [2.24, 2.45) is 5.92 Å². The molecule has 0 spiro atoms. The number of amides is 1. The summed E-state index contributed by atoms with van der Waals surface area (Å²) < 4.78 is 0. The third kappa shape index (κ3) is 4.63. The molecule has 0 bridgehead atoms. The molecule has 4 heteroatoms. The summed E-state index contributed by atoms with van der Waals surface area (Å²) in [5.41, 5.74) is 3.38. The molecule has 1 amide bonds. The van der Waals surface area contributed by atoms with Gasteiger partial charge < -0.3 is 5.32 Å². The van der Waals surface area contributed by atoms with Gasteiger partial charge in [0, 0.05) is 17.1 Å². The summed E-state index contributed by atoms with van der Waals surface area (Å²) in [7, 11) is 0. The molecule has 0 aliphatic heterocycles. The Morgan fingerprint density at radius 1 is 1.17 bits per heavy atom. The van der Waals surface area contributed by atoms with Gasteiger partial charge in [-0.3, -0.25) is 9.78 Å². The Kier molecular flexibility index (Phi) is 5.98. The molecule has 1 N–H and O–H groups in total. The summed E-state index contributed by atoms with van der Waals surface area (Å²) >= 11 is 0. The zero-order chi connectivity index (χ0) is 21.0. The molecule has 0 aliphatic rings. The number of nitriles is 1. The van der Waals surface area contributed by atoms with E-state index in [1.165, 1.54) is 5.56 Å². The van der Waals surface area contributed by atoms with Crippen LogP contribution in [0.3, 0.4) is 0 Å². The van der Waals surface area contributed by atoms with Crippen molar-refractivity contribution >= 4 is 16.8 Å². The van der Waals surface area contributed by atoms with E-state index >= 15 is 0 Å². The first kappa shape index (κ1) is 20.5. The Morgan fingerprint density at radius 2 is 1.90 bits per heavy atom. The van der Waals surface area contributed by atoms with Gasteiger partial charge in [-0.05, 0) is 49.8 Å². The minimum absolute atomic E-state index is 0.127. The lowest BCUT2D eigenvalue weighted by atomic mass is 9.84. The van der Waals surface area contributed by atoms with Crippen LogP contribution < -0.4 is 5.32 Å². The van der Waals surface area contributed by atoms with Gasteiger partial charge in [-0.2, -0.15) is 5.26 Å². The SMILES string of the molecule is Cc1c(C(=O)NC(C)(Cc2ccccc2)CC(C)C)cnc2c(C#N)cccc12. The minimum atomic E-state index is -0.373. The van der Waals surface area contributed by atoms with Crippen LogP contribution in [-0.2, 0) is 6.42 Å². The summed E-state index contributed by atoms with van der Waals surface area (Å²) in [4.78, 5) is 17.7. The van der Waals surface area contributed by atoms with Crippen molar-refractivity contribution in [2.75, 3.05) is 0 Å². The average molecular weight is 386 g/mol. The van der Waals surface area contributed by atoms with E-state index in [4.69, 9.17) is 0 Å². The maximum Gasteiger partial charge on any atom is 0.253 e. The van der Waals surface area contributed by atoms with Crippen LogP contribution in [0.1, 0.15) is 54.2 Å². The fourth-order valence-electron chi connectivity index (χ4n) is 4.13. The van der Waals surface area contributed by atoms with E-state index in [2.05, 4.69) is 49.3 Å². The quantitative estimate of drug-likeness (QED) is 0.635. The molecule has 4 nitrogen and oxygen atoms in total. The maximum atomic E-state index is 13.2. The van der Waals surface area contributed by atoms with E-state index < -0.39 is 0 Å². The first-order valence-electron chi connectivity index (χ1n) is 9.98. The molecule has 29 heavy (non-hydrogen) atoms. The number of aromatic nitrogens is 1. The summed E-state index contributed by atoms with van der Waals surface area (Å²) in [6, 6.07) is 17.9. The van der Waals surface area contributed by atoms with Crippen molar-refractivity contribution in [3.8, 4) is 6.07 Å². The zero-order valence-corrected chi connectivity index (χ0v) is 17.5. The topological polar surface area (TPSA) is 65.8 Å². The van der Waals surface area contributed by atoms with Crippen molar-refractivity contribution in [1.82, 2.24) is 10.3 Å². The number of nitrogens with one attached hydrogen (secondary N) is 1. The Hall–Kier alpha value is -3.19. The molecule has 0 radical (unpaired) electrons. The smallest absolute Gasteiger partial charge is 0.253 e. The standard InChI is InChI=1S/C25H27N3O/c1-17(2)13-25(4,14-19-9-6-5-7-10-19)28-24(29)22-16-27-23-20(15-26)11-8-12-21(23)18(22)3/h5-12,16-17H,13-14H2,1-4H3,(H,28,29).